The van der Waals surface area contributed by atoms with Gasteiger partial charge in [-0.3, -0.25) is 4.79 Å². The van der Waals surface area contributed by atoms with Crippen LogP contribution >= 0.6 is 0 Å². The van der Waals surface area contributed by atoms with E-state index < -0.39 is 19.9 Å². The number of carbonyl (C=O) groups is 1. The summed E-state index contributed by atoms with van der Waals surface area (Å²) in [6.45, 7) is 13.0. The van der Waals surface area contributed by atoms with Gasteiger partial charge in [-0.25, -0.2) is 0 Å². The Morgan fingerprint density at radius 2 is 1.59 bits per heavy atom. The van der Waals surface area contributed by atoms with Gasteiger partial charge in [-0.05, 0) is 77.2 Å². The summed E-state index contributed by atoms with van der Waals surface area (Å²) >= 11 is 0. The monoisotopic (exact) mass is 620 g/mol. The summed E-state index contributed by atoms with van der Waals surface area (Å²) in [5.74, 6) is 0.130. The van der Waals surface area contributed by atoms with Crippen molar-refractivity contribution in [2.24, 2.45) is 5.73 Å². The van der Waals surface area contributed by atoms with Gasteiger partial charge in [0.25, 0.3) is 5.91 Å². The lowest BCUT2D eigenvalue weighted by Crippen LogP contribution is -2.59. The number of allylic oxidation sites excluding steroid dienone is 3. The summed E-state index contributed by atoms with van der Waals surface area (Å²) in [6.07, 6.45) is 26.4. The molecule has 2 aliphatic carbocycles. The van der Waals surface area contributed by atoms with Crippen LogP contribution < -0.4 is 21.5 Å². The van der Waals surface area contributed by atoms with Gasteiger partial charge in [0.2, 0.25) is 8.32 Å². The standard InChI is InChI=1S/C38H60N2O3Si/c1-7-8-9-10-11-12-13-14-15-16-17-18-19-20-24-32(29-41)40-36(42)38(39)28-31-26-30-23-21-22-25-33(30)34(31)27-35(38)43-44(5,6)37(2,3)4/h19-23,25-28,32,41H,7-18,24,29,39H2,1-6H3,(H,40,42)/b20-19+/t32-,38?/m0/s1. The van der Waals surface area contributed by atoms with Gasteiger partial charge >= 0.3 is 0 Å². The lowest BCUT2D eigenvalue weighted by molar-refractivity contribution is -0.125. The number of rotatable bonds is 19. The summed E-state index contributed by atoms with van der Waals surface area (Å²) in [5.41, 5.74) is 7.47. The minimum Gasteiger partial charge on any atom is -0.544 e. The van der Waals surface area contributed by atoms with Crippen molar-refractivity contribution in [2.75, 3.05) is 6.61 Å². The van der Waals surface area contributed by atoms with Crippen molar-refractivity contribution in [1.29, 1.82) is 0 Å². The molecule has 44 heavy (non-hydrogen) atoms. The maximum Gasteiger partial charge on any atom is 0.252 e. The van der Waals surface area contributed by atoms with Crippen LogP contribution in [0.3, 0.4) is 0 Å². The second kappa shape index (κ2) is 16.8. The van der Waals surface area contributed by atoms with Crippen LogP contribution in [-0.2, 0) is 9.22 Å². The predicted molar refractivity (Wildman–Crippen MR) is 189 cm³/mol. The molecule has 3 rings (SSSR count). The smallest absolute Gasteiger partial charge is 0.252 e. The van der Waals surface area contributed by atoms with Crippen LogP contribution in [0.15, 0.2) is 59.9 Å². The number of hydrogen-bond donors (Lipinski definition) is 3. The molecule has 1 aromatic rings. The van der Waals surface area contributed by atoms with Crippen LogP contribution in [0.2, 0.25) is 18.1 Å². The molecule has 0 saturated carbocycles. The molecule has 0 aromatic heterocycles. The molecule has 1 unspecified atom stereocenters. The molecular formula is C38H60N2O3Si. The van der Waals surface area contributed by atoms with E-state index in [2.05, 4.69) is 76.5 Å². The Hall–Kier alpha value is -2.41. The number of hydrogen-bond acceptors (Lipinski definition) is 4. The van der Waals surface area contributed by atoms with E-state index in [-0.39, 0.29) is 17.6 Å². The fourth-order valence-electron chi connectivity index (χ4n) is 5.62. The molecule has 2 atom stereocenters. The topological polar surface area (TPSA) is 84.6 Å². The molecule has 0 heterocycles. The largest absolute Gasteiger partial charge is 0.544 e. The second-order valence-corrected chi connectivity index (χ2v) is 19.1. The first-order valence-electron chi connectivity index (χ1n) is 17.2. The van der Waals surface area contributed by atoms with Crippen LogP contribution in [0, 0.1) is 0 Å². The summed E-state index contributed by atoms with van der Waals surface area (Å²) < 4.78 is 6.76. The van der Waals surface area contributed by atoms with Crippen molar-refractivity contribution in [2.45, 2.75) is 141 Å². The van der Waals surface area contributed by atoms with E-state index in [1.165, 1.54) is 70.6 Å². The van der Waals surface area contributed by atoms with Gasteiger partial charge < -0.3 is 20.6 Å². The van der Waals surface area contributed by atoms with Crippen molar-refractivity contribution >= 4 is 25.9 Å². The minimum absolute atomic E-state index is 0.0636. The molecular weight excluding hydrogens is 561 g/mol. The van der Waals surface area contributed by atoms with Gasteiger partial charge in [-0.1, -0.05) is 128 Å². The molecule has 5 nitrogen and oxygen atoms in total. The van der Waals surface area contributed by atoms with Crippen LogP contribution in [0.1, 0.15) is 111 Å². The highest BCUT2D eigenvalue weighted by molar-refractivity contribution is 6.74. The maximum atomic E-state index is 13.9. The lowest BCUT2D eigenvalue weighted by atomic mass is 9.85. The third kappa shape index (κ3) is 9.79. The van der Waals surface area contributed by atoms with E-state index in [0.29, 0.717) is 12.2 Å². The summed E-state index contributed by atoms with van der Waals surface area (Å²) in [4.78, 5) is 13.9. The molecule has 6 heteroatoms. The Morgan fingerprint density at radius 3 is 2.20 bits per heavy atom. The van der Waals surface area contributed by atoms with Gasteiger partial charge in [0, 0.05) is 0 Å². The first kappa shape index (κ1) is 36.1. The Labute approximate surface area is 268 Å². The number of nitrogens with one attached hydrogen (secondary N) is 1. The maximum absolute atomic E-state index is 13.9. The fraction of sp³-hybridized carbons (Fsp3) is 0.605. The van der Waals surface area contributed by atoms with E-state index >= 15 is 0 Å². The van der Waals surface area contributed by atoms with Crippen LogP contribution in [0.25, 0.3) is 11.6 Å². The fourth-order valence-corrected chi connectivity index (χ4v) is 6.71. The summed E-state index contributed by atoms with van der Waals surface area (Å²) in [6, 6.07) is 7.80. The normalized spacial score (nSPS) is 18.8. The molecule has 0 aliphatic heterocycles. The SMILES string of the molecule is CCCCCCCCCCCCC/C=C/C[C@@H](CO)NC(=O)C1(N)C=C2C=c3ccccc3=C2C=C1O[Si](C)(C)C(C)(C)C. The molecule has 0 saturated heterocycles. The quantitative estimate of drug-likeness (QED) is 0.0861. The molecule has 0 fully saturated rings. The molecule has 0 spiro atoms. The number of aliphatic hydroxyl groups excluding tert-OH is 1. The minimum atomic E-state index is -2.31. The Balaban J connectivity index is 1.57. The number of amides is 1. The van der Waals surface area contributed by atoms with E-state index in [9.17, 15) is 9.90 Å². The Kier molecular flexibility index (Phi) is 13.7. The number of aliphatic hydroxyl groups is 1. The van der Waals surface area contributed by atoms with Gasteiger partial charge in [0.15, 0.2) is 5.54 Å². The molecule has 1 amide bonds. The zero-order valence-electron chi connectivity index (χ0n) is 28.5. The third-order valence-electron chi connectivity index (χ3n) is 9.60. The van der Waals surface area contributed by atoms with E-state index in [4.69, 9.17) is 10.2 Å². The zero-order chi connectivity index (χ0) is 32.2. The summed E-state index contributed by atoms with van der Waals surface area (Å²) in [5, 5.41) is 15.3. The van der Waals surface area contributed by atoms with Crippen molar-refractivity contribution < 1.29 is 14.3 Å². The number of carbonyl (C=O) groups excluding carboxylic acids is 1. The number of fused-ring (bicyclic) bond motifs is 2. The van der Waals surface area contributed by atoms with Crippen molar-refractivity contribution in [1.82, 2.24) is 5.32 Å². The molecule has 1 aromatic carbocycles. The van der Waals surface area contributed by atoms with E-state index in [0.717, 1.165) is 28.0 Å². The Morgan fingerprint density at radius 1 is 0.977 bits per heavy atom. The van der Waals surface area contributed by atoms with E-state index in [1.54, 1.807) is 0 Å². The average molecular weight is 621 g/mol. The third-order valence-corrected chi connectivity index (χ3v) is 13.9. The molecule has 0 bridgehead atoms. The molecule has 244 valence electrons. The molecule has 4 N–H and O–H groups in total. The Bertz CT molecular complexity index is 1300. The number of benzene rings is 1. The predicted octanol–water partition coefficient (Wildman–Crippen LogP) is 7.30. The van der Waals surface area contributed by atoms with Crippen molar-refractivity contribution in [3.8, 4) is 0 Å². The lowest BCUT2D eigenvalue weighted by Gasteiger charge is -2.42. The van der Waals surface area contributed by atoms with Gasteiger partial charge in [-0.2, -0.15) is 0 Å². The van der Waals surface area contributed by atoms with Gasteiger partial charge in [-0.15, -0.1) is 0 Å². The number of nitrogens with two attached hydrogens (primary N) is 1. The zero-order valence-corrected chi connectivity index (χ0v) is 29.5. The number of unbranched alkanes of at least 4 members (excludes halogenated alkanes) is 11. The summed E-state index contributed by atoms with van der Waals surface area (Å²) in [7, 11) is -2.31. The van der Waals surface area contributed by atoms with Crippen LogP contribution in [-0.4, -0.2) is 37.5 Å². The van der Waals surface area contributed by atoms with Crippen molar-refractivity contribution in [3.63, 3.8) is 0 Å². The first-order chi connectivity index (χ1) is 20.9. The van der Waals surface area contributed by atoms with Crippen molar-refractivity contribution in [3.05, 3.63) is 70.3 Å². The highest BCUT2D eigenvalue weighted by Gasteiger charge is 2.47. The first-order valence-corrected chi connectivity index (χ1v) is 20.1. The highest BCUT2D eigenvalue weighted by Crippen LogP contribution is 2.41. The van der Waals surface area contributed by atoms with Gasteiger partial charge in [0.1, 0.15) is 5.76 Å². The van der Waals surface area contributed by atoms with Gasteiger partial charge in [0.05, 0.1) is 12.6 Å². The highest BCUT2D eigenvalue weighted by atomic mass is 28.4. The second-order valence-electron chi connectivity index (χ2n) is 14.4. The van der Waals surface area contributed by atoms with Crippen LogP contribution in [0.5, 0.6) is 0 Å². The average Bonchev–Trinajstić information content (AvgIpc) is 3.32. The van der Waals surface area contributed by atoms with E-state index in [1.807, 2.05) is 24.3 Å². The molecule has 0 radical (unpaired) electrons. The molecule has 2 aliphatic rings. The van der Waals surface area contributed by atoms with Crippen LogP contribution in [0.4, 0.5) is 0 Å².